The lowest BCUT2D eigenvalue weighted by atomic mass is 9.99. The molecule has 0 saturated carbocycles. The number of amides is 1. The summed E-state index contributed by atoms with van der Waals surface area (Å²) < 4.78 is 54.6. The average molecular weight is 735 g/mol. The van der Waals surface area contributed by atoms with E-state index in [1.165, 1.54) is 30.3 Å². The molecule has 15 heteroatoms. The molecule has 3 aromatic carbocycles. The monoisotopic (exact) mass is 734 g/mol. The predicted molar refractivity (Wildman–Crippen MR) is 190 cm³/mol. The van der Waals surface area contributed by atoms with Crippen molar-refractivity contribution in [2.75, 3.05) is 11.9 Å². The minimum absolute atomic E-state index is 0.0203. The third kappa shape index (κ3) is 6.05. The molecule has 53 heavy (non-hydrogen) atoms. The second kappa shape index (κ2) is 12.5. The van der Waals surface area contributed by atoms with E-state index < -0.39 is 11.5 Å². The summed E-state index contributed by atoms with van der Waals surface area (Å²) in [7, 11) is 0. The molecule has 1 aliphatic carbocycles. The van der Waals surface area contributed by atoms with Crippen molar-refractivity contribution >= 4 is 34.2 Å². The van der Waals surface area contributed by atoms with Gasteiger partial charge in [-0.15, -0.1) is 8.78 Å². The molecule has 7 aromatic rings. The molecular formula is C38H26ClF3N8O3. The van der Waals surface area contributed by atoms with Crippen molar-refractivity contribution in [1.29, 1.82) is 0 Å². The molecule has 0 spiro atoms. The van der Waals surface area contributed by atoms with Crippen LogP contribution in [0.3, 0.4) is 0 Å². The van der Waals surface area contributed by atoms with Crippen LogP contribution in [0.5, 0.6) is 5.75 Å². The van der Waals surface area contributed by atoms with Gasteiger partial charge < -0.3 is 19.4 Å². The van der Waals surface area contributed by atoms with E-state index in [9.17, 15) is 18.0 Å². The number of ether oxygens (including phenoxy) is 2. The van der Waals surface area contributed by atoms with Crippen LogP contribution in [0.25, 0.3) is 50.6 Å². The Balaban J connectivity index is 1.09. The largest absolute Gasteiger partial charge is 0.487 e. The van der Waals surface area contributed by atoms with E-state index in [-0.39, 0.29) is 17.6 Å². The Morgan fingerprint density at radius 3 is 2.66 bits per heavy atom. The summed E-state index contributed by atoms with van der Waals surface area (Å²) in [4.78, 5) is 32.4. The van der Waals surface area contributed by atoms with Crippen molar-refractivity contribution < 1.29 is 27.4 Å². The molecule has 264 valence electrons. The molecule has 2 aliphatic rings. The van der Waals surface area contributed by atoms with Gasteiger partial charge in [-0.25, -0.2) is 24.0 Å². The number of aromatic nitrogens is 7. The van der Waals surface area contributed by atoms with Crippen LogP contribution in [-0.4, -0.2) is 52.4 Å². The second-order valence-corrected chi connectivity index (χ2v) is 13.2. The van der Waals surface area contributed by atoms with Crippen molar-refractivity contribution in [2.45, 2.75) is 31.6 Å². The number of carbonyl (C=O) groups excluding carboxylic acids is 1. The standard InChI is InChI=1S/C38H26ClF3N8O3/c1-20-18-52-19-33-46-32-14-21(36(51)45-24-6-8-25(9-7-24)53-38(39,41)42)12-27(35(32)50(20)33)22-13-28-31(44-16-22)15-23-17-49(48-34(23)28)37-43-11-10-30(47-37)26-4-2-3-5-29(26)40/h2-14,16-17,20H,15,18-19H2,1H3,(H,45,51)/t20-/m1/s1. The third-order valence-corrected chi connectivity index (χ3v) is 9.26. The summed E-state index contributed by atoms with van der Waals surface area (Å²) in [5.41, 5.74) is 3.86. The van der Waals surface area contributed by atoms with E-state index in [1.54, 1.807) is 53.5 Å². The number of nitrogens with one attached hydrogen (secondary N) is 1. The van der Waals surface area contributed by atoms with Gasteiger partial charge in [-0.3, -0.25) is 9.78 Å². The van der Waals surface area contributed by atoms with Crippen LogP contribution in [0.2, 0.25) is 0 Å². The Bertz CT molecular complexity index is 2590. The van der Waals surface area contributed by atoms with Crippen LogP contribution >= 0.6 is 11.6 Å². The van der Waals surface area contributed by atoms with Gasteiger partial charge in [0.25, 0.3) is 11.9 Å². The maximum Gasteiger partial charge on any atom is 0.487 e. The van der Waals surface area contributed by atoms with Crippen LogP contribution in [0.1, 0.15) is 40.4 Å². The Kier molecular flexibility index (Phi) is 7.75. The first-order valence-electron chi connectivity index (χ1n) is 16.5. The second-order valence-electron chi connectivity index (χ2n) is 12.7. The molecule has 1 amide bonds. The first-order chi connectivity index (χ1) is 25.6. The molecule has 1 aliphatic heterocycles. The summed E-state index contributed by atoms with van der Waals surface area (Å²) >= 11 is 4.88. The smallest absolute Gasteiger partial charge is 0.420 e. The number of nitrogens with zero attached hydrogens (tertiary/aromatic N) is 7. The summed E-state index contributed by atoms with van der Waals surface area (Å²) in [6, 6.07) is 19.0. The van der Waals surface area contributed by atoms with E-state index in [1.807, 2.05) is 19.2 Å². The van der Waals surface area contributed by atoms with Crippen molar-refractivity contribution in [1.82, 2.24) is 34.3 Å². The van der Waals surface area contributed by atoms with E-state index >= 15 is 0 Å². The topological polar surface area (TPSA) is 122 Å². The lowest BCUT2D eigenvalue weighted by molar-refractivity contribution is -0.0964. The zero-order valence-corrected chi connectivity index (χ0v) is 28.5. The van der Waals surface area contributed by atoms with Crippen molar-refractivity contribution in [3.63, 3.8) is 0 Å². The highest BCUT2D eigenvalue weighted by atomic mass is 35.5. The lowest BCUT2D eigenvalue weighted by Crippen LogP contribution is -2.21. The number of carbonyl (C=O) groups is 1. The third-order valence-electron chi connectivity index (χ3n) is 9.18. The van der Waals surface area contributed by atoms with Crippen LogP contribution in [0.4, 0.5) is 18.9 Å². The first kappa shape index (κ1) is 32.8. The average Bonchev–Trinajstić information content (AvgIpc) is 3.83. The van der Waals surface area contributed by atoms with Gasteiger partial charge in [0.15, 0.2) is 0 Å². The van der Waals surface area contributed by atoms with Gasteiger partial charge >= 0.3 is 5.57 Å². The molecule has 11 nitrogen and oxygen atoms in total. The molecule has 0 saturated heterocycles. The summed E-state index contributed by atoms with van der Waals surface area (Å²) in [5.74, 6) is 0.0515. The highest BCUT2D eigenvalue weighted by molar-refractivity contribution is 6.20. The fraction of sp³-hybridized carbons (Fsp3) is 0.158. The van der Waals surface area contributed by atoms with E-state index in [2.05, 4.69) is 24.6 Å². The van der Waals surface area contributed by atoms with E-state index in [0.717, 1.165) is 45.0 Å². The quantitative estimate of drug-likeness (QED) is 0.164. The number of alkyl halides is 3. The fourth-order valence-electron chi connectivity index (χ4n) is 6.86. The predicted octanol–water partition coefficient (Wildman–Crippen LogP) is 7.96. The first-order valence-corrected chi connectivity index (χ1v) is 16.9. The molecule has 1 N–H and O–H groups in total. The van der Waals surface area contributed by atoms with Crippen molar-refractivity contribution in [2.24, 2.45) is 0 Å². The van der Waals surface area contributed by atoms with Gasteiger partial charge in [0.05, 0.1) is 40.8 Å². The molecule has 0 bridgehead atoms. The van der Waals surface area contributed by atoms with Crippen LogP contribution < -0.4 is 10.1 Å². The van der Waals surface area contributed by atoms with E-state index in [0.29, 0.717) is 53.6 Å². The highest BCUT2D eigenvalue weighted by Gasteiger charge is 2.29. The van der Waals surface area contributed by atoms with Crippen LogP contribution in [0, 0.1) is 5.82 Å². The number of hydrogen-bond donors (Lipinski definition) is 1. The molecular weight excluding hydrogens is 709 g/mol. The Labute approximate surface area is 304 Å². The number of hydrogen-bond acceptors (Lipinski definition) is 8. The van der Waals surface area contributed by atoms with Crippen LogP contribution in [0.15, 0.2) is 91.4 Å². The molecule has 0 unspecified atom stereocenters. The molecule has 1 atom stereocenters. The van der Waals surface area contributed by atoms with Gasteiger partial charge in [-0.1, -0.05) is 12.1 Å². The normalized spacial score (nSPS) is 14.8. The summed E-state index contributed by atoms with van der Waals surface area (Å²) in [6.45, 7) is 2.86. The molecule has 9 rings (SSSR count). The summed E-state index contributed by atoms with van der Waals surface area (Å²) in [6.07, 6.45) is 5.75. The number of fused-ring (bicyclic) bond motifs is 6. The molecule has 0 radical (unpaired) electrons. The number of halogens is 4. The SMILES string of the molecule is C[C@@H]1COCc2nc3cc(C(=O)Nc4ccc(OC(F)(F)Cl)cc4)cc(-c4cnc5c(c4)-c4nn(-c6nccc(-c7ccccc7F)n6)cc4C5)c3n21. The highest BCUT2D eigenvalue weighted by Crippen LogP contribution is 2.40. The minimum atomic E-state index is -3.86. The van der Waals surface area contributed by atoms with Gasteiger partial charge in [-0.2, -0.15) is 5.10 Å². The molecule has 0 fully saturated rings. The number of benzene rings is 3. The van der Waals surface area contributed by atoms with Crippen molar-refractivity contribution in [3.05, 3.63) is 120 Å². The maximum absolute atomic E-state index is 14.5. The minimum Gasteiger partial charge on any atom is -0.420 e. The van der Waals surface area contributed by atoms with Crippen molar-refractivity contribution in [3.8, 4) is 45.3 Å². The number of pyridine rings is 1. The number of anilines is 1. The van der Waals surface area contributed by atoms with Gasteiger partial charge in [-0.05, 0) is 67.6 Å². The van der Waals surface area contributed by atoms with Gasteiger partial charge in [0.1, 0.15) is 24.0 Å². The maximum atomic E-state index is 14.5. The molecule has 5 heterocycles. The fourth-order valence-corrected chi connectivity index (χ4v) is 6.95. The Morgan fingerprint density at radius 2 is 1.85 bits per heavy atom. The zero-order chi connectivity index (χ0) is 36.4. The lowest BCUT2D eigenvalue weighted by Gasteiger charge is -2.23. The van der Waals surface area contributed by atoms with Crippen LogP contribution in [-0.2, 0) is 17.8 Å². The Morgan fingerprint density at radius 1 is 1.02 bits per heavy atom. The summed E-state index contributed by atoms with van der Waals surface area (Å²) in [5, 5.41) is 7.67. The number of imidazole rings is 1. The van der Waals surface area contributed by atoms with E-state index in [4.69, 9.17) is 31.4 Å². The molecule has 4 aromatic heterocycles. The number of rotatable bonds is 7. The zero-order valence-electron chi connectivity index (χ0n) is 27.7. The van der Waals surface area contributed by atoms with Gasteiger partial charge in [0.2, 0.25) is 0 Å². The Hall–Kier alpha value is -6.12. The van der Waals surface area contributed by atoms with Gasteiger partial charge in [0, 0.05) is 75.7 Å².